The van der Waals surface area contributed by atoms with Crippen molar-refractivity contribution in [1.82, 2.24) is 24.1 Å². The Balaban J connectivity index is 0.00000200. The van der Waals surface area contributed by atoms with Crippen molar-refractivity contribution in [2.75, 3.05) is 13.2 Å². The van der Waals surface area contributed by atoms with Gasteiger partial charge >= 0.3 is 16.8 Å². The second-order valence-corrected chi connectivity index (χ2v) is 8.89. The standard InChI is InChI=1S/C29H33N5O2.3ClH.Co/c1-3-5-18-35-20-33-26-16-9-7-12-22(26)31-28(33)24-14-11-15-25(30-24)29-32-23-13-8-10-17-27(23)34(29)21-36-19-6-4-2;;;;/h7-17H,3-6,18-21H2,1-2H3;3*1H;/q;;;;+3/p-3. The summed E-state index contributed by atoms with van der Waals surface area (Å²) in [6, 6.07) is 22.3. The number of hydrogen-bond acceptors (Lipinski definition) is 5. The SMILES string of the molecule is CCCCOCn1c(-c2cccc(-c3nc4ccccc4n3COCCCC)n2)nc2ccccc21.[Cl-].[Cl-].[Cl-].[Co+3]. The molecular weight excluding hydrogens is 616 g/mol. The first-order valence-corrected chi connectivity index (χ1v) is 12.8. The first-order chi connectivity index (χ1) is 17.8. The van der Waals surface area contributed by atoms with E-state index in [9.17, 15) is 0 Å². The number of unbranched alkanes of at least 4 members (excludes halogenated alkanes) is 2. The summed E-state index contributed by atoms with van der Waals surface area (Å²) in [6.45, 7) is 6.64. The molecule has 0 amide bonds. The molecule has 0 aliphatic rings. The molecule has 40 heavy (non-hydrogen) atoms. The van der Waals surface area contributed by atoms with Crippen LogP contribution in [-0.2, 0) is 39.7 Å². The summed E-state index contributed by atoms with van der Waals surface area (Å²) in [5, 5.41) is 0. The van der Waals surface area contributed by atoms with Crippen molar-refractivity contribution in [1.29, 1.82) is 0 Å². The molecule has 0 saturated heterocycles. The molecule has 0 spiro atoms. The molecule has 3 heterocycles. The van der Waals surface area contributed by atoms with Gasteiger partial charge in [-0.25, -0.2) is 15.0 Å². The van der Waals surface area contributed by atoms with Gasteiger partial charge in [-0.2, -0.15) is 0 Å². The summed E-state index contributed by atoms with van der Waals surface area (Å²) in [6.07, 6.45) is 4.27. The number of ether oxygens (including phenoxy) is 2. The van der Waals surface area contributed by atoms with Crippen LogP contribution in [0.25, 0.3) is 45.1 Å². The van der Waals surface area contributed by atoms with Gasteiger partial charge in [-0.15, -0.1) is 0 Å². The van der Waals surface area contributed by atoms with Crippen molar-refractivity contribution < 1.29 is 63.5 Å². The number of pyridine rings is 1. The number of benzene rings is 2. The van der Waals surface area contributed by atoms with Crippen LogP contribution in [0.5, 0.6) is 0 Å². The second-order valence-electron chi connectivity index (χ2n) is 8.89. The summed E-state index contributed by atoms with van der Waals surface area (Å²) >= 11 is 0. The zero-order valence-corrected chi connectivity index (χ0v) is 25.8. The fourth-order valence-corrected chi connectivity index (χ4v) is 4.29. The number of imidazole rings is 2. The smallest absolute Gasteiger partial charge is 1.00 e. The van der Waals surface area contributed by atoms with Crippen LogP contribution < -0.4 is 37.2 Å². The molecule has 3 aromatic heterocycles. The molecule has 0 atom stereocenters. The topological polar surface area (TPSA) is 67.0 Å². The number of para-hydroxylation sites is 4. The van der Waals surface area contributed by atoms with Gasteiger partial charge in [0, 0.05) is 13.2 Å². The predicted octanol–water partition coefficient (Wildman–Crippen LogP) is -2.33. The van der Waals surface area contributed by atoms with Crippen molar-refractivity contribution in [2.24, 2.45) is 0 Å². The largest absolute Gasteiger partial charge is 3.00 e. The van der Waals surface area contributed by atoms with Gasteiger partial charge in [0.15, 0.2) is 11.6 Å². The van der Waals surface area contributed by atoms with Crippen molar-refractivity contribution in [3.8, 4) is 23.0 Å². The fraction of sp³-hybridized carbons (Fsp3) is 0.345. The Morgan fingerprint density at radius 3 is 1.43 bits per heavy atom. The van der Waals surface area contributed by atoms with Crippen LogP contribution in [0.1, 0.15) is 39.5 Å². The van der Waals surface area contributed by atoms with Crippen LogP contribution in [0.2, 0.25) is 0 Å². The maximum Gasteiger partial charge on any atom is 3.00 e. The van der Waals surface area contributed by atoms with Gasteiger partial charge in [-0.1, -0.05) is 57.0 Å². The molecule has 0 bridgehead atoms. The van der Waals surface area contributed by atoms with Crippen LogP contribution >= 0.6 is 0 Å². The Bertz CT molecular complexity index is 1360. The third-order valence-electron chi connectivity index (χ3n) is 6.24. The number of hydrogen-bond donors (Lipinski definition) is 0. The number of aromatic nitrogens is 5. The predicted molar refractivity (Wildman–Crippen MR) is 143 cm³/mol. The Hall–Kier alpha value is -2.17. The van der Waals surface area contributed by atoms with Crippen LogP contribution in [0.15, 0.2) is 66.7 Å². The van der Waals surface area contributed by atoms with Gasteiger partial charge in [0.05, 0.1) is 22.1 Å². The molecule has 0 aliphatic carbocycles. The Kier molecular flexibility index (Phi) is 15.8. The summed E-state index contributed by atoms with van der Waals surface area (Å²) in [7, 11) is 0. The van der Waals surface area contributed by atoms with Gasteiger partial charge in [0.1, 0.15) is 24.8 Å². The minimum absolute atomic E-state index is 0. The number of halogens is 3. The normalized spacial score (nSPS) is 10.4. The van der Waals surface area contributed by atoms with E-state index in [0.29, 0.717) is 13.5 Å². The third kappa shape index (κ3) is 7.97. The van der Waals surface area contributed by atoms with E-state index in [2.05, 4.69) is 35.1 Å². The summed E-state index contributed by atoms with van der Waals surface area (Å²) < 4.78 is 16.2. The Morgan fingerprint density at radius 2 is 1.00 bits per heavy atom. The second kappa shape index (κ2) is 17.6. The van der Waals surface area contributed by atoms with Gasteiger partial charge in [-0.05, 0) is 49.2 Å². The average Bonchev–Trinajstić information content (AvgIpc) is 3.48. The van der Waals surface area contributed by atoms with Crippen LogP contribution in [0.3, 0.4) is 0 Å². The van der Waals surface area contributed by atoms with Gasteiger partial charge in [0.25, 0.3) is 0 Å². The molecule has 5 aromatic rings. The molecule has 216 valence electrons. The van der Waals surface area contributed by atoms with E-state index < -0.39 is 0 Å². The molecule has 0 unspecified atom stereocenters. The van der Waals surface area contributed by atoms with E-state index in [1.807, 2.05) is 54.6 Å². The molecule has 7 nitrogen and oxygen atoms in total. The number of nitrogens with zero attached hydrogens (tertiary/aromatic N) is 5. The molecule has 2 aromatic carbocycles. The van der Waals surface area contributed by atoms with E-state index in [1.165, 1.54) is 0 Å². The summed E-state index contributed by atoms with van der Waals surface area (Å²) in [4.78, 5) is 14.9. The average molecular weight is 649 g/mol. The zero-order valence-electron chi connectivity index (χ0n) is 22.5. The Labute approximate surface area is 264 Å². The van der Waals surface area contributed by atoms with Crippen molar-refractivity contribution >= 4 is 22.1 Å². The molecule has 0 N–H and O–H groups in total. The molecule has 0 fully saturated rings. The van der Waals surface area contributed by atoms with Gasteiger partial charge < -0.3 is 46.7 Å². The minimum atomic E-state index is 0. The van der Waals surface area contributed by atoms with Crippen molar-refractivity contribution in [3.05, 3.63) is 66.7 Å². The van der Waals surface area contributed by atoms with E-state index in [4.69, 9.17) is 24.4 Å². The van der Waals surface area contributed by atoms with E-state index in [1.54, 1.807) is 0 Å². The molecular formula is C29H33Cl3CoN5O2. The van der Waals surface area contributed by atoms with E-state index in [0.717, 1.165) is 84.0 Å². The van der Waals surface area contributed by atoms with Gasteiger partial charge in [-0.3, -0.25) is 9.13 Å². The maximum absolute atomic E-state index is 5.99. The quantitative estimate of drug-likeness (QED) is 0.142. The minimum Gasteiger partial charge on any atom is -1.00 e. The maximum atomic E-state index is 5.99. The van der Waals surface area contributed by atoms with Crippen LogP contribution in [0.4, 0.5) is 0 Å². The molecule has 0 radical (unpaired) electrons. The van der Waals surface area contributed by atoms with Crippen LogP contribution in [-0.4, -0.2) is 37.3 Å². The van der Waals surface area contributed by atoms with Crippen LogP contribution in [0, 0.1) is 0 Å². The number of fused-ring (bicyclic) bond motifs is 2. The van der Waals surface area contributed by atoms with E-state index in [-0.39, 0.29) is 54.0 Å². The molecule has 0 saturated carbocycles. The molecule has 11 heteroatoms. The molecule has 0 aliphatic heterocycles. The van der Waals surface area contributed by atoms with Crippen molar-refractivity contribution in [3.63, 3.8) is 0 Å². The zero-order chi connectivity index (χ0) is 24.7. The molecule has 5 rings (SSSR count). The summed E-state index contributed by atoms with van der Waals surface area (Å²) in [5.41, 5.74) is 5.49. The van der Waals surface area contributed by atoms with Gasteiger partial charge in [0.2, 0.25) is 0 Å². The first kappa shape index (κ1) is 35.9. The monoisotopic (exact) mass is 647 g/mol. The van der Waals surface area contributed by atoms with E-state index >= 15 is 0 Å². The Morgan fingerprint density at radius 1 is 0.575 bits per heavy atom. The fourth-order valence-electron chi connectivity index (χ4n) is 4.29. The van der Waals surface area contributed by atoms with Crippen molar-refractivity contribution in [2.45, 2.75) is 53.0 Å². The first-order valence-electron chi connectivity index (χ1n) is 12.8. The number of rotatable bonds is 12. The third-order valence-corrected chi connectivity index (χ3v) is 6.24. The summed E-state index contributed by atoms with van der Waals surface area (Å²) in [5.74, 6) is 1.58.